The largest absolute Gasteiger partial charge is 0.376 e. The third-order valence-electron chi connectivity index (χ3n) is 2.35. The number of aldehydes is 1. The lowest BCUT2D eigenvalue weighted by atomic mass is 10.1. The van der Waals surface area contributed by atoms with E-state index in [1.807, 2.05) is 25.1 Å². The van der Waals surface area contributed by atoms with Crippen LogP contribution in [0.2, 0.25) is 0 Å². The summed E-state index contributed by atoms with van der Waals surface area (Å²) in [6.07, 6.45) is 0.898. The fourth-order valence-electron chi connectivity index (χ4n) is 1.58. The molecule has 2 nitrogen and oxygen atoms in total. The van der Waals surface area contributed by atoms with Gasteiger partial charge in [0.15, 0.2) is 0 Å². The van der Waals surface area contributed by atoms with Gasteiger partial charge in [-0.3, -0.25) is 0 Å². The van der Waals surface area contributed by atoms with E-state index < -0.39 is 0 Å². The summed E-state index contributed by atoms with van der Waals surface area (Å²) in [4.78, 5) is 10.5. The van der Waals surface area contributed by atoms with E-state index >= 15 is 0 Å². The molecule has 0 unspecified atom stereocenters. The molecule has 0 radical (unpaired) electrons. The second-order valence-electron chi connectivity index (χ2n) is 3.63. The minimum absolute atomic E-state index is 0.147. The summed E-state index contributed by atoms with van der Waals surface area (Å²) in [5, 5.41) is 5.51. The Bertz CT molecular complexity index is 479. The molecule has 0 fully saturated rings. The molecule has 0 saturated heterocycles. The van der Waals surface area contributed by atoms with Crippen molar-refractivity contribution >= 4 is 22.7 Å². The van der Waals surface area contributed by atoms with Crippen molar-refractivity contribution in [1.82, 2.24) is 0 Å². The molecular weight excluding hydrogens is 186 g/mol. The molecule has 15 heavy (non-hydrogen) atoms. The van der Waals surface area contributed by atoms with Crippen LogP contribution >= 0.6 is 0 Å². The van der Waals surface area contributed by atoms with Gasteiger partial charge in [-0.25, -0.2) is 0 Å². The number of nitrogens with one attached hydrogen (secondary N) is 1. The number of carbonyl (C=O) groups is 1. The van der Waals surface area contributed by atoms with Crippen LogP contribution in [0.25, 0.3) is 10.8 Å². The summed E-state index contributed by atoms with van der Waals surface area (Å²) in [5.74, 6) is 0. The predicted octanol–water partition coefficient (Wildman–Crippen LogP) is 2.84. The van der Waals surface area contributed by atoms with Crippen molar-refractivity contribution < 1.29 is 4.79 Å². The van der Waals surface area contributed by atoms with E-state index in [4.69, 9.17) is 0 Å². The quantitative estimate of drug-likeness (QED) is 0.770. The predicted molar refractivity (Wildman–Crippen MR) is 63.1 cm³/mol. The molecule has 0 spiro atoms. The number of hydrogen-bond donors (Lipinski definition) is 1. The molecule has 2 rings (SSSR count). The van der Waals surface area contributed by atoms with Crippen molar-refractivity contribution in [2.45, 2.75) is 13.0 Å². The van der Waals surface area contributed by atoms with Crippen molar-refractivity contribution in [3.63, 3.8) is 0 Å². The topological polar surface area (TPSA) is 29.1 Å². The molecular formula is C13H13NO. The minimum Gasteiger partial charge on any atom is -0.376 e. The van der Waals surface area contributed by atoms with E-state index in [1.54, 1.807) is 0 Å². The van der Waals surface area contributed by atoms with Gasteiger partial charge in [0.1, 0.15) is 6.29 Å². The summed E-state index contributed by atoms with van der Waals surface area (Å²) >= 11 is 0. The Hall–Kier alpha value is -1.83. The summed E-state index contributed by atoms with van der Waals surface area (Å²) in [5.41, 5.74) is 0.980. The van der Waals surface area contributed by atoms with Crippen LogP contribution in [0.4, 0.5) is 5.69 Å². The lowest BCUT2D eigenvalue weighted by Gasteiger charge is -2.09. The highest BCUT2D eigenvalue weighted by atomic mass is 16.1. The Morgan fingerprint density at radius 3 is 2.60 bits per heavy atom. The summed E-state index contributed by atoms with van der Waals surface area (Å²) < 4.78 is 0. The zero-order valence-corrected chi connectivity index (χ0v) is 8.60. The molecule has 1 atom stereocenters. The number of hydrogen-bond acceptors (Lipinski definition) is 2. The SMILES string of the molecule is C[C@H](C=O)Nc1ccc2ccccc2c1. The number of rotatable bonds is 3. The monoisotopic (exact) mass is 199 g/mol. The van der Waals surface area contributed by atoms with Gasteiger partial charge in [-0.1, -0.05) is 30.3 Å². The van der Waals surface area contributed by atoms with E-state index in [2.05, 4.69) is 29.6 Å². The van der Waals surface area contributed by atoms with Crippen molar-refractivity contribution in [3.05, 3.63) is 42.5 Å². The number of fused-ring (bicyclic) bond motifs is 1. The number of benzene rings is 2. The van der Waals surface area contributed by atoms with Crippen molar-refractivity contribution in [2.24, 2.45) is 0 Å². The average Bonchev–Trinajstić information content (AvgIpc) is 2.29. The van der Waals surface area contributed by atoms with Crippen LogP contribution in [-0.4, -0.2) is 12.3 Å². The van der Waals surface area contributed by atoms with Crippen LogP contribution in [0.3, 0.4) is 0 Å². The summed E-state index contributed by atoms with van der Waals surface area (Å²) in [6.45, 7) is 1.84. The first-order chi connectivity index (χ1) is 7.29. The van der Waals surface area contributed by atoms with Gasteiger partial charge in [0.05, 0.1) is 6.04 Å². The van der Waals surface area contributed by atoms with Gasteiger partial charge in [-0.05, 0) is 29.8 Å². The smallest absolute Gasteiger partial charge is 0.141 e. The molecule has 2 aromatic rings. The molecule has 0 amide bonds. The number of carbonyl (C=O) groups excluding carboxylic acids is 1. The summed E-state index contributed by atoms with van der Waals surface area (Å²) in [6, 6.07) is 14.1. The van der Waals surface area contributed by atoms with Gasteiger partial charge < -0.3 is 10.1 Å². The van der Waals surface area contributed by atoms with Gasteiger partial charge in [0, 0.05) is 5.69 Å². The first-order valence-corrected chi connectivity index (χ1v) is 5.00. The van der Waals surface area contributed by atoms with Gasteiger partial charge >= 0.3 is 0 Å². The van der Waals surface area contributed by atoms with E-state index in [-0.39, 0.29) is 6.04 Å². The van der Waals surface area contributed by atoms with Crippen LogP contribution in [0.5, 0.6) is 0 Å². The highest BCUT2D eigenvalue weighted by Crippen LogP contribution is 2.18. The molecule has 0 heterocycles. The van der Waals surface area contributed by atoms with E-state index in [0.29, 0.717) is 0 Å². The van der Waals surface area contributed by atoms with Crippen LogP contribution in [0.1, 0.15) is 6.92 Å². The molecule has 2 aromatic carbocycles. The lowest BCUT2D eigenvalue weighted by molar-refractivity contribution is -0.108. The van der Waals surface area contributed by atoms with Gasteiger partial charge in [-0.2, -0.15) is 0 Å². The van der Waals surface area contributed by atoms with Crippen LogP contribution < -0.4 is 5.32 Å². The maximum Gasteiger partial charge on any atom is 0.141 e. The van der Waals surface area contributed by atoms with Gasteiger partial charge in [0.25, 0.3) is 0 Å². The average molecular weight is 199 g/mol. The molecule has 0 aliphatic carbocycles. The maximum atomic E-state index is 10.5. The Balaban J connectivity index is 2.34. The standard InChI is InChI=1S/C13H13NO/c1-10(9-15)14-13-7-6-11-4-2-3-5-12(11)8-13/h2-10,14H,1H3/t10-/m1/s1. The van der Waals surface area contributed by atoms with Crippen molar-refractivity contribution in [1.29, 1.82) is 0 Å². The summed E-state index contributed by atoms with van der Waals surface area (Å²) in [7, 11) is 0. The van der Waals surface area contributed by atoms with Crippen molar-refractivity contribution in [3.8, 4) is 0 Å². The zero-order chi connectivity index (χ0) is 10.7. The van der Waals surface area contributed by atoms with Crippen LogP contribution in [0.15, 0.2) is 42.5 Å². The Morgan fingerprint density at radius 1 is 1.13 bits per heavy atom. The van der Waals surface area contributed by atoms with Crippen molar-refractivity contribution in [2.75, 3.05) is 5.32 Å². The zero-order valence-electron chi connectivity index (χ0n) is 8.60. The number of anilines is 1. The van der Waals surface area contributed by atoms with E-state index in [1.165, 1.54) is 10.8 Å². The maximum absolute atomic E-state index is 10.5. The fraction of sp³-hybridized carbons (Fsp3) is 0.154. The lowest BCUT2D eigenvalue weighted by Crippen LogP contribution is -2.15. The Kier molecular flexibility index (Phi) is 2.68. The molecule has 1 N–H and O–H groups in total. The first-order valence-electron chi connectivity index (χ1n) is 5.00. The molecule has 76 valence electrons. The minimum atomic E-state index is -0.147. The molecule has 0 saturated carbocycles. The van der Waals surface area contributed by atoms with E-state index in [0.717, 1.165) is 12.0 Å². The first kappa shape index (κ1) is 9.71. The molecule has 2 heteroatoms. The van der Waals surface area contributed by atoms with E-state index in [9.17, 15) is 4.79 Å². The molecule has 0 bridgehead atoms. The normalized spacial score (nSPS) is 12.3. The second-order valence-corrected chi connectivity index (χ2v) is 3.63. The molecule has 0 aliphatic heterocycles. The highest BCUT2D eigenvalue weighted by Gasteiger charge is 1.99. The second kappa shape index (κ2) is 4.13. The van der Waals surface area contributed by atoms with Gasteiger partial charge in [-0.15, -0.1) is 0 Å². The third kappa shape index (κ3) is 2.15. The third-order valence-corrected chi connectivity index (χ3v) is 2.35. The van der Waals surface area contributed by atoms with Crippen LogP contribution in [0, 0.1) is 0 Å². The van der Waals surface area contributed by atoms with Gasteiger partial charge in [0.2, 0.25) is 0 Å². The molecule has 0 aliphatic rings. The Labute approximate surface area is 88.9 Å². The fourth-order valence-corrected chi connectivity index (χ4v) is 1.58. The Morgan fingerprint density at radius 2 is 1.87 bits per heavy atom. The highest BCUT2D eigenvalue weighted by molar-refractivity contribution is 5.86. The molecule has 0 aromatic heterocycles. The van der Waals surface area contributed by atoms with Crippen LogP contribution in [-0.2, 0) is 4.79 Å².